The van der Waals surface area contributed by atoms with Gasteiger partial charge in [0.2, 0.25) is 5.91 Å². The van der Waals surface area contributed by atoms with Crippen molar-refractivity contribution in [3.8, 4) is 0 Å². The Balaban J connectivity index is 1.63. The molecule has 0 spiro atoms. The van der Waals surface area contributed by atoms with E-state index in [4.69, 9.17) is 10.5 Å². The second kappa shape index (κ2) is 8.30. The molecule has 0 aliphatic carbocycles. The molecule has 1 amide bonds. The van der Waals surface area contributed by atoms with Crippen molar-refractivity contribution in [1.82, 2.24) is 10.2 Å². The maximum Gasteiger partial charge on any atom is 0.241 e. The zero-order valence-corrected chi connectivity index (χ0v) is 15.3. The standard InChI is InChI=1S/C20H31N3O2/c1-16-5-7-17(8-6-16)18(21)19(24)22-15-20(9-13-25-14-10-20)23-11-3-2-4-12-23/h5-8,18H,2-4,9-15,21H2,1H3,(H,22,24). The number of hydrogen-bond donors (Lipinski definition) is 2. The Morgan fingerprint density at radius 2 is 1.84 bits per heavy atom. The fourth-order valence-electron chi connectivity index (χ4n) is 4.01. The normalized spacial score (nSPS) is 22.3. The monoisotopic (exact) mass is 345 g/mol. The summed E-state index contributed by atoms with van der Waals surface area (Å²) in [6, 6.07) is 7.26. The number of nitrogens with two attached hydrogens (primary N) is 1. The van der Waals surface area contributed by atoms with Crippen molar-refractivity contribution in [1.29, 1.82) is 0 Å². The maximum absolute atomic E-state index is 12.6. The van der Waals surface area contributed by atoms with Crippen LogP contribution in [0.1, 0.15) is 49.3 Å². The second-order valence-electron chi connectivity index (χ2n) is 7.49. The van der Waals surface area contributed by atoms with E-state index in [1.165, 1.54) is 24.8 Å². The van der Waals surface area contributed by atoms with Crippen LogP contribution in [0.3, 0.4) is 0 Å². The van der Waals surface area contributed by atoms with E-state index < -0.39 is 6.04 Å². The third kappa shape index (κ3) is 4.40. The van der Waals surface area contributed by atoms with E-state index in [2.05, 4.69) is 10.2 Å². The highest BCUT2D eigenvalue weighted by molar-refractivity contribution is 5.83. The topological polar surface area (TPSA) is 67.6 Å². The van der Waals surface area contributed by atoms with E-state index >= 15 is 0 Å². The van der Waals surface area contributed by atoms with Gasteiger partial charge in [0.15, 0.2) is 0 Å². The molecule has 5 heteroatoms. The lowest BCUT2D eigenvalue weighted by molar-refractivity contribution is -0.124. The first-order valence-electron chi connectivity index (χ1n) is 9.53. The van der Waals surface area contributed by atoms with Gasteiger partial charge < -0.3 is 15.8 Å². The van der Waals surface area contributed by atoms with Crippen molar-refractivity contribution in [2.24, 2.45) is 5.73 Å². The highest BCUT2D eigenvalue weighted by Gasteiger charge is 2.39. The molecule has 0 bridgehead atoms. The molecule has 1 unspecified atom stereocenters. The lowest BCUT2D eigenvalue weighted by Crippen LogP contribution is -2.60. The number of hydrogen-bond acceptors (Lipinski definition) is 4. The zero-order valence-electron chi connectivity index (χ0n) is 15.3. The van der Waals surface area contributed by atoms with Crippen molar-refractivity contribution >= 4 is 5.91 Å². The first kappa shape index (κ1) is 18.4. The average molecular weight is 345 g/mol. The number of likely N-dealkylation sites (tertiary alicyclic amines) is 1. The van der Waals surface area contributed by atoms with Crippen LogP contribution in [-0.2, 0) is 9.53 Å². The van der Waals surface area contributed by atoms with Crippen LogP contribution in [0.25, 0.3) is 0 Å². The molecule has 2 fully saturated rings. The van der Waals surface area contributed by atoms with E-state index in [0.29, 0.717) is 6.54 Å². The summed E-state index contributed by atoms with van der Waals surface area (Å²) in [7, 11) is 0. The number of aryl methyl sites for hydroxylation is 1. The Bertz CT molecular complexity index is 561. The van der Waals surface area contributed by atoms with Gasteiger partial charge in [0.25, 0.3) is 0 Å². The molecule has 0 aromatic heterocycles. The molecular formula is C20H31N3O2. The van der Waals surface area contributed by atoms with Crippen LogP contribution in [0.5, 0.6) is 0 Å². The van der Waals surface area contributed by atoms with Crippen LogP contribution >= 0.6 is 0 Å². The van der Waals surface area contributed by atoms with Gasteiger partial charge >= 0.3 is 0 Å². The molecule has 25 heavy (non-hydrogen) atoms. The summed E-state index contributed by atoms with van der Waals surface area (Å²) in [6.07, 6.45) is 5.77. The van der Waals surface area contributed by atoms with Crippen LogP contribution in [0.15, 0.2) is 24.3 Å². The summed E-state index contributed by atoms with van der Waals surface area (Å²) in [5.41, 5.74) is 8.24. The van der Waals surface area contributed by atoms with Gasteiger partial charge in [0.1, 0.15) is 6.04 Å². The first-order chi connectivity index (χ1) is 12.1. The number of ether oxygens (including phenoxy) is 1. The van der Waals surface area contributed by atoms with Crippen LogP contribution in [0.4, 0.5) is 0 Å². The molecule has 3 N–H and O–H groups in total. The Morgan fingerprint density at radius 1 is 1.20 bits per heavy atom. The smallest absolute Gasteiger partial charge is 0.241 e. The van der Waals surface area contributed by atoms with E-state index in [0.717, 1.165) is 44.7 Å². The second-order valence-corrected chi connectivity index (χ2v) is 7.49. The zero-order chi connectivity index (χ0) is 17.7. The van der Waals surface area contributed by atoms with Gasteiger partial charge in [-0.2, -0.15) is 0 Å². The van der Waals surface area contributed by atoms with E-state index in [9.17, 15) is 4.79 Å². The van der Waals surface area contributed by atoms with Crippen LogP contribution in [0.2, 0.25) is 0 Å². The summed E-state index contributed by atoms with van der Waals surface area (Å²) in [6.45, 7) is 6.49. The summed E-state index contributed by atoms with van der Waals surface area (Å²) >= 11 is 0. The third-order valence-electron chi connectivity index (χ3n) is 5.76. The molecule has 2 heterocycles. The minimum absolute atomic E-state index is 0.0291. The number of benzene rings is 1. The molecule has 3 rings (SSSR count). The van der Waals surface area contributed by atoms with Crippen LogP contribution in [0, 0.1) is 6.92 Å². The van der Waals surface area contributed by atoms with Gasteiger partial charge in [0, 0.05) is 25.3 Å². The van der Waals surface area contributed by atoms with E-state index in [-0.39, 0.29) is 11.4 Å². The number of piperidine rings is 1. The summed E-state index contributed by atoms with van der Waals surface area (Å²) < 4.78 is 5.59. The van der Waals surface area contributed by atoms with Crippen molar-refractivity contribution in [3.63, 3.8) is 0 Å². The van der Waals surface area contributed by atoms with E-state index in [1.807, 2.05) is 31.2 Å². The van der Waals surface area contributed by atoms with Gasteiger partial charge in [0.05, 0.1) is 0 Å². The number of amides is 1. The fourth-order valence-corrected chi connectivity index (χ4v) is 4.01. The van der Waals surface area contributed by atoms with Crippen molar-refractivity contribution in [3.05, 3.63) is 35.4 Å². The minimum atomic E-state index is -0.612. The molecule has 5 nitrogen and oxygen atoms in total. The predicted octanol–water partition coefficient (Wildman–Crippen LogP) is 2.15. The maximum atomic E-state index is 12.6. The average Bonchev–Trinajstić information content (AvgIpc) is 2.67. The summed E-state index contributed by atoms with van der Waals surface area (Å²) in [4.78, 5) is 15.2. The molecule has 1 atom stereocenters. The van der Waals surface area contributed by atoms with E-state index in [1.54, 1.807) is 0 Å². The highest BCUT2D eigenvalue weighted by atomic mass is 16.5. The highest BCUT2D eigenvalue weighted by Crippen LogP contribution is 2.30. The van der Waals surface area contributed by atoms with Crippen molar-refractivity contribution in [2.75, 3.05) is 32.8 Å². The molecule has 138 valence electrons. The first-order valence-corrected chi connectivity index (χ1v) is 9.53. The largest absolute Gasteiger partial charge is 0.381 e. The number of rotatable bonds is 5. The fraction of sp³-hybridized carbons (Fsp3) is 0.650. The van der Waals surface area contributed by atoms with Gasteiger partial charge in [-0.1, -0.05) is 36.2 Å². The predicted molar refractivity (Wildman–Crippen MR) is 99.3 cm³/mol. The molecule has 0 saturated carbocycles. The third-order valence-corrected chi connectivity index (χ3v) is 5.76. The Kier molecular flexibility index (Phi) is 6.10. The van der Waals surface area contributed by atoms with Gasteiger partial charge in [-0.25, -0.2) is 0 Å². The summed E-state index contributed by atoms with van der Waals surface area (Å²) in [5.74, 6) is -0.0910. The number of nitrogens with one attached hydrogen (secondary N) is 1. The molecule has 1 aromatic carbocycles. The van der Waals surface area contributed by atoms with Crippen molar-refractivity contribution in [2.45, 2.75) is 50.6 Å². The van der Waals surface area contributed by atoms with Crippen LogP contribution < -0.4 is 11.1 Å². The molecule has 2 aliphatic heterocycles. The lowest BCUT2D eigenvalue weighted by Gasteiger charge is -2.48. The van der Waals surface area contributed by atoms with Crippen molar-refractivity contribution < 1.29 is 9.53 Å². The van der Waals surface area contributed by atoms with Crippen LogP contribution in [-0.4, -0.2) is 49.2 Å². The Labute approximate surface area is 150 Å². The molecule has 2 aliphatic rings. The number of carbonyl (C=O) groups is 1. The molecule has 2 saturated heterocycles. The number of carbonyl (C=O) groups excluding carboxylic acids is 1. The summed E-state index contributed by atoms with van der Waals surface area (Å²) in [5, 5.41) is 3.14. The molecule has 1 aromatic rings. The quantitative estimate of drug-likeness (QED) is 0.858. The Hall–Kier alpha value is -1.43. The Morgan fingerprint density at radius 3 is 2.48 bits per heavy atom. The number of nitrogens with zero attached hydrogens (tertiary/aromatic N) is 1. The molecular weight excluding hydrogens is 314 g/mol. The lowest BCUT2D eigenvalue weighted by atomic mass is 9.86. The SMILES string of the molecule is Cc1ccc(C(N)C(=O)NCC2(N3CCCCC3)CCOCC2)cc1. The molecule has 0 radical (unpaired) electrons. The minimum Gasteiger partial charge on any atom is -0.381 e. The van der Waals surface area contributed by atoms with Gasteiger partial charge in [-0.15, -0.1) is 0 Å². The van der Waals surface area contributed by atoms with Gasteiger partial charge in [-0.3, -0.25) is 9.69 Å². The van der Waals surface area contributed by atoms with Gasteiger partial charge in [-0.05, 0) is 51.3 Å².